The number of benzene rings is 1. The number of morpholine rings is 1. The van der Waals surface area contributed by atoms with Crippen LogP contribution in [0, 0.1) is 0 Å². The zero-order valence-electron chi connectivity index (χ0n) is 15.8. The van der Waals surface area contributed by atoms with Crippen molar-refractivity contribution in [3.8, 4) is 5.88 Å². The number of pyridine rings is 1. The molecule has 1 saturated heterocycles. The Morgan fingerprint density at radius 2 is 2.03 bits per heavy atom. The minimum atomic E-state index is -4.51. The number of urea groups is 1. The highest BCUT2D eigenvalue weighted by Gasteiger charge is 2.32. The van der Waals surface area contributed by atoms with E-state index in [-0.39, 0.29) is 12.2 Å². The number of halogens is 3. The van der Waals surface area contributed by atoms with Gasteiger partial charge in [0.15, 0.2) is 0 Å². The third-order valence-corrected chi connectivity index (χ3v) is 4.41. The monoisotopic (exact) mass is 410 g/mol. The number of nitrogens with zero attached hydrogens (tertiary/aromatic N) is 2. The lowest BCUT2D eigenvalue weighted by Gasteiger charge is -2.31. The Morgan fingerprint density at radius 1 is 1.28 bits per heavy atom. The van der Waals surface area contributed by atoms with E-state index in [9.17, 15) is 18.0 Å². The van der Waals surface area contributed by atoms with Crippen LogP contribution in [0.15, 0.2) is 36.5 Å². The second-order valence-corrected chi connectivity index (χ2v) is 6.31. The van der Waals surface area contributed by atoms with Crippen molar-refractivity contribution < 1.29 is 27.4 Å². The number of amides is 2. The van der Waals surface area contributed by atoms with Gasteiger partial charge in [-0.2, -0.15) is 13.2 Å². The summed E-state index contributed by atoms with van der Waals surface area (Å²) in [6, 6.07) is 6.11. The molecule has 3 rings (SSSR count). The highest BCUT2D eigenvalue weighted by molar-refractivity contribution is 5.93. The Bertz CT molecular complexity index is 855. The van der Waals surface area contributed by atoms with Crippen LogP contribution in [0.3, 0.4) is 0 Å². The number of nitrogens with one attached hydrogen (secondary N) is 2. The standard InChI is InChI=1S/C19H21F3N4O3/c1-28-17-13(3-2-6-23-17)12-24-18(27)25-15-11-14(19(20,21)22)4-5-16(15)26-7-9-29-10-8-26/h2-6,11H,7-10,12H2,1H3,(H2,24,25,27). The summed E-state index contributed by atoms with van der Waals surface area (Å²) in [4.78, 5) is 18.3. The van der Waals surface area contributed by atoms with E-state index in [0.717, 1.165) is 12.1 Å². The predicted octanol–water partition coefficient (Wildman–Crippen LogP) is 3.27. The van der Waals surface area contributed by atoms with Crippen molar-refractivity contribution in [2.24, 2.45) is 0 Å². The molecule has 2 N–H and O–H groups in total. The van der Waals surface area contributed by atoms with Crippen LogP contribution >= 0.6 is 0 Å². The van der Waals surface area contributed by atoms with Crippen molar-refractivity contribution >= 4 is 17.4 Å². The van der Waals surface area contributed by atoms with E-state index in [0.29, 0.717) is 43.4 Å². The van der Waals surface area contributed by atoms with Gasteiger partial charge in [0.05, 0.1) is 37.3 Å². The molecule has 10 heteroatoms. The number of carbonyl (C=O) groups is 1. The van der Waals surface area contributed by atoms with Gasteiger partial charge in [-0.25, -0.2) is 9.78 Å². The van der Waals surface area contributed by atoms with Gasteiger partial charge in [0.25, 0.3) is 0 Å². The first-order valence-corrected chi connectivity index (χ1v) is 8.95. The molecule has 2 amide bonds. The van der Waals surface area contributed by atoms with Gasteiger partial charge in [0, 0.05) is 31.4 Å². The van der Waals surface area contributed by atoms with Gasteiger partial charge in [-0.05, 0) is 24.3 Å². The minimum absolute atomic E-state index is 0.0809. The van der Waals surface area contributed by atoms with Gasteiger partial charge in [0.2, 0.25) is 5.88 Å². The highest BCUT2D eigenvalue weighted by atomic mass is 19.4. The lowest BCUT2D eigenvalue weighted by atomic mass is 10.1. The first kappa shape index (κ1) is 20.7. The number of hydrogen-bond donors (Lipinski definition) is 2. The normalized spacial score (nSPS) is 14.4. The Hall–Kier alpha value is -3.01. The molecule has 0 unspecified atom stereocenters. The van der Waals surface area contributed by atoms with Crippen LogP contribution in [0.2, 0.25) is 0 Å². The van der Waals surface area contributed by atoms with E-state index in [1.807, 2.05) is 4.90 Å². The van der Waals surface area contributed by atoms with Crippen LogP contribution in [-0.4, -0.2) is 44.4 Å². The summed E-state index contributed by atoms with van der Waals surface area (Å²) in [7, 11) is 1.46. The highest BCUT2D eigenvalue weighted by Crippen LogP contribution is 2.35. The van der Waals surface area contributed by atoms with Gasteiger partial charge in [-0.15, -0.1) is 0 Å². The molecule has 0 atom stereocenters. The number of hydrogen-bond acceptors (Lipinski definition) is 5. The van der Waals surface area contributed by atoms with E-state index < -0.39 is 17.8 Å². The Morgan fingerprint density at radius 3 is 2.72 bits per heavy atom. The van der Waals surface area contributed by atoms with Crippen molar-refractivity contribution in [2.45, 2.75) is 12.7 Å². The summed E-state index contributed by atoms with van der Waals surface area (Å²) < 4.78 is 49.9. The molecular weight excluding hydrogens is 389 g/mol. The topological polar surface area (TPSA) is 75.7 Å². The minimum Gasteiger partial charge on any atom is -0.481 e. The molecule has 0 spiro atoms. The summed E-state index contributed by atoms with van der Waals surface area (Å²) in [5, 5.41) is 5.15. The Kier molecular flexibility index (Phi) is 6.42. The molecule has 2 heterocycles. The molecule has 156 valence electrons. The summed E-state index contributed by atoms with van der Waals surface area (Å²) in [6.07, 6.45) is -2.96. The second kappa shape index (κ2) is 8.99. The first-order chi connectivity index (χ1) is 13.9. The molecule has 7 nitrogen and oxygen atoms in total. The van der Waals surface area contributed by atoms with Crippen molar-refractivity contribution in [3.05, 3.63) is 47.7 Å². The Labute approximate surface area is 165 Å². The van der Waals surface area contributed by atoms with Crippen LogP contribution in [0.4, 0.5) is 29.3 Å². The lowest BCUT2D eigenvalue weighted by Crippen LogP contribution is -2.37. The Balaban J connectivity index is 1.77. The van der Waals surface area contributed by atoms with Gasteiger partial charge < -0.3 is 25.0 Å². The summed E-state index contributed by atoms with van der Waals surface area (Å²) in [6.45, 7) is 2.08. The van der Waals surface area contributed by atoms with Crippen molar-refractivity contribution in [1.29, 1.82) is 0 Å². The largest absolute Gasteiger partial charge is 0.481 e. The van der Waals surface area contributed by atoms with Gasteiger partial charge >= 0.3 is 12.2 Å². The van der Waals surface area contributed by atoms with Crippen molar-refractivity contribution in [3.63, 3.8) is 0 Å². The molecule has 1 fully saturated rings. The third-order valence-electron chi connectivity index (χ3n) is 4.41. The predicted molar refractivity (Wildman–Crippen MR) is 101 cm³/mol. The summed E-state index contributed by atoms with van der Waals surface area (Å²) >= 11 is 0. The van der Waals surface area contributed by atoms with E-state index in [1.54, 1.807) is 18.3 Å². The molecule has 1 aromatic heterocycles. The molecule has 1 aromatic carbocycles. The maximum atomic E-state index is 13.1. The van der Waals surface area contributed by atoms with E-state index >= 15 is 0 Å². The maximum Gasteiger partial charge on any atom is 0.416 e. The SMILES string of the molecule is COc1ncccc1CNC(=O)Nc1cc(C(F)(F)F)ccc1N1CCOCC1. The summed E-state index contributed by atoms with van der Waals surface area (Å²) in [5.41, 5.74) is 0.397. The number of alkyl halides is 3. The fourth-order valence-corrected chi connectivity index (χ4v) is 2.98. The van der Waals surface area contributed by atoms with Crippen molar-refractivity contribution in [2.75, 3.05) is 43.6 Å². The lowest BCUT2D eigenvalue weighted by molar-refractivity contribution is -0.137. The molecular formula is C19H21F3N4O3. The summed E-state index contributed by atoms with van der Waals surface area (Å²) in [5.74, 6) is 0.362. The van der Waals surface area contributed by atoms with Gasteiger partial charge in [-0.1, -0.05) is 6.07 Å². The number of ether oxygens (including phenoxy) is 2. The molecule has 0 radical (unpaired) electrons. The van der Waals surface area contributed by atoms with E-state index in [4.69, 9.17) is 9.47 Å². The first-order valence-electron chi connectivity index (χ1n) is 8.95. The number of aromatic nitrogens is 1. The zero-order valence-corrected chi connectivity index (χ0v) is 15.8. The fourth-order valence-electron chi connectivity index (χ4n) is 2.98. The fraction of sp³-hybridized carbons (Fsp3) is 0.368. The molecule has 29 heavy (non-hydrogen) atoms. The van der Waals surface area contributed by atoms with Crippen LogP contribution in [0.5, 0.6) is 5.88 Å². The van der Waals surface area contributed by atoms with E-state index in [2.05, 4.69) is 15.6 Å². The van der Waals surface area contributed by atoms with Gasteiger partial charge in [0.1, 0.15) is 0 Å². The van der Waals surface area contributed by atoms with Crippen LogP contribution in [0.25, 0.3) is 0 Å². The third kappa shape index (κ3) is 5.29. The molecule has 0 bridgehead atoms. The molecule has 2 aromatic rings. The average Bonchev–Trinajstić information content (AvgIpc) is 2.72. The number of rotatable bonds is 5. The van der Waals surface area contributed by atoms with E-state index in [1.165, 1.54) is 13.2 Å². The molecule has 1 aliphatic heterocycles. The smallest absolute Gasteiger partial charge is 0.416 e. The molecule has 0 aliphatic carbocycles. The van der Waals surface area contributed by atoms with Crippen LogP contribution in [-0.2, 0) is 17.5 Å². The number of methoxy groups -OCH3 is 1. The molecule has 0 saturated carbocycles. The zero-order chi connectivity index (χ0) is 20.9. The average molecular weight is 410 g/mol. The maximum absolute atomic E-state index is 13.1. The number of anilines is 2. The van der Waals surface area contributed by atoms with Crippen molar-refractivity contribution in [1.82, 2.24) is 10.3 Å². The second-order valence-electron chi connectivity index (χ2n) is 6.31. The quantitative estimate of drug-likeness (QED) is 0.792. The molecule has 1 aliphatic rings. The van der Waals surface area contributed by atoms with Gasteiger partial charge in [-0.3, -0.25) is 0 Å². The van der Waals surface area contributed by atoms with Crippen LogP contribution < -0.4 is 20.3 Å². The number of carbonyl (C=O) groups excluding carboxylic acids is 1. The van der Waals surface area contributed by atoms with Crippen LogP contribution in [0.1, 0.15) is 11.1 Å².